The molecule has 0 saturated carbocycles. The van der Waals surface area contributed by atoms with Crippen LogP contribution in [-0.2, 0) is 29.6 Å². The molecule has 0 radical (unpaired) electrons. The first-order chi connectivity index (χ1) is 34.8. The van der Waals surface area contributed by atoms with Gasteiger partial charge >= 0.3 is 0 Å². The second-order valence-corrected chi connectivity index (χ2v) is 31.3. The van der Waals surface area contributed by atoms with Gasteiger partial charge in [0.1, 0.15) is 36.9 Å². The van der Waals surface area contributed by atoms with Gasteiger partial charge in [-0.2, -0.15) is 0 Å². The van der Waals surface area contributed by atoms with Crippen LogP contribution in [0.15, 0.2) is 6.20 Å². The second-order valence-electron chi connectivity index (χ2n) is 22.8. The number of nitrogens with zero attached hydrogens (tertiary/aromatic N) is 4. The summed E-state index contributed by atoms with van der Waals surface area (Å²) >= 11 is 0. The minimum absolute atomic E-state index is 0.138. The van der Waals surface area contributed by atoms with Crippen LogP contribution in [0.5, 0.6) is 0 Å². The second kappa shape index (κ2) is 42.2. The van der Waals surface area contributed by atoms with Crippen LogP contribution in [0.2, 0.25) is 38.3 Å². The lowest BCUT2D eigenvalue weighted by Crippen LogP contribution is -2.56. The van der Waals surface area contributed by atoms with Crippen molar-refractivity contribution in [2.75, 3.05) is 32.9 Å². The van der Waals surface area contributed by atoms with E-state index >= 15 is 0 Å². The Morgan fingerprint density at radius 3 is 1.39 bits per heavy atom. The molecule has 2 heterocycles. The maximum atomic E-state index is 10.9. The van der Waals surface area contributed by atoms with Crippen molar-refractivity contribution in [3.8, 4) is 0 Å². The minimum atomic E-state index is -1.87. The first-order valence-electron chi connectivity index (χ1n) is 30.3. The van der Waals surface area contributed by atoms with E-state index in [-0.39, 0.29) is 12.6 Å². The van der Waals surface area contributed by atoms with Gasteiger partial charge in [-0.15, -0.1) is 5.10 Å². The monoisotopic (exact) mass is 1060 g/mol. The number of ether oxygens (including phenoxy) is 3. The Labute approximate surface area is 444 Å². The highest BCUT2D eigenvalue weighted by Crippen LogP contribution is 2.29. The van der Waals surface area contributed by atoms with E-state index in [1.807, 2.05) is 0 Å². The molecule has 72 heavy (non-hydrogen) atoms. The summed E-state index contributed by atoms with van der Waals surface area (Å²) in [6.07, 6.45) is 34.9. The lowest BCUT2D eigenvalue weighted by Gasteiger charge is -2.39. The third-order valence-corrected chi connectivity index (χ3v) is 19.6. The summed E-state index contributed by atoms with van der Waals surface area (Å²) in [5.41, 5.74) is 0.719. The van der Waals surface area contributed by atoms with E-state index in [1.54, 1.807) is 6.20 Å². The summed E-state index contributed by atoms with van der Waals surface area (Å²) in [5, 5.41) is 50.6. The van der Waals surface area contributed by atoms with Crippen LogP contribution in [0.4, 0.5) is 0 Å². The average molecular weight is 1060 g/mol. The molecule has 7 atom stereocenters. The van der Waals surface area contributed by atoms with Crippen molar-refractivity contribution in [3.05, 3.63) is 11.9 Å². The average Bonchev–Trinajstić information content (AvgIpc) is 3.80. The van der Waals surface area contributed by atoms with E-state index in [0.717, 1.165) is 96.2 Å². The van der Waals surface area contributed by atoms with E-state index in [9.17, 15) is 20.4 Å². The highest BCUT2D eigenvalue weighted by Gasteiger charge is 2.45. The molecule has 2 rings (SSSR count). The molecule has 15 heteroatoms. The minimum Gasteiger partial charge on any atom is -0.394 e. The van der Waals surface area contributed by atoms with Crippen molar-refractivity contribution < 1.29 is 43.5 Å². The fraction of sp³-hybridized carbons (Fsp3) is 0.965. The number of aliphatic hydroxyl groups is 4. The molecule has 0 spiro atoms. The Morgan fingerprint density at radius 1 is 0.556 bits per heavy atom. The van der Waals surface area contributed by atoms with Gasteiger partial charge in [0.15, 0.2) is 22.9 Å². The maximum Gasteiger partial charge on any atom is 0.190 e. The molecule has 1 aromatic rings. The largest absolute Gasteiger partial charge is 0.394 e. The summed E-state index contributed by atoms with van der Waals surface area (Å²) in [6, 6.07) is 1.32. The fourth-order valence-electron chi connectivity index (χ4n) is 10.1. The molecule has 0 aliphatic carbocycles. The van der Waals surface area contributed by atoms with Crippen molar-refractivity contribution >= 4 is 16.6 Å². The molecule has 0 amide bonds. The van der Waals surface area contributed by atoms with Crippen molar-refractivity contribution in [3.63, 3.8) is 0 Å². The van der Waals surface area contributed by atoms with Gasteiger partial charge in [-0.3, -0.25) is 4.90 Å². The Bertz CT molecular complexity index is 1320. The Morgan fingerprint density at radius 2 is 0.958 bits per heavy atom. The number of unbranched alkanes of at least 4 members (excludes halogenated alkanes) is 24. The molecule has 0 aromatic carbocycles. The van der Waals surface area contributed by atoms with Gasteiger partial charge in [0, 0.05) is 19.8 Å². The molecular weight excluding hydrogens is 941 g/mol. The summed E-state index contributed by atoms with van der Waals surface area (Å²) in [6.45, 7) is 22.0. The van der Waals surface area contributed by atoms with Gasteiger partial charge < -0.3 is 43.5 Å². The predicted octanol–water partition coefficient (Wildman–Crippen LogP) is 13.7. The third kappa shape index (κ3) is 32.0. The number of hydrogen-bond acceptors (Lipinski definition) is 12. The van der Waals surface area contributed by atoms with E-state index < -0.39 is 53.9 Å². The van der Waals surface area contributed by atoms with Crippen LogP contribution in [0.3, 0.4) is 0 Å². The Balaban J connectivity index is 2.08. The molecule has 1 saturated heterocycles. The number of aromatic nitrogens is 3. The standard InChI is InChI=1S/C57H116N4O9Si2/c1-9-13-17-21-25-35-43-66-52(69-71(5,6)45-37-27-23-19-15-11-3)39-31-29-33-41-60(47-50-48-61(59-58-50)54-56(64)55(63)51(49-62)68-57(54)65)42-34-30-32-40-53(67-44-36-26-22-18-14-10-2)70-72(7,8)46-38-28-24-20-16-12-4/h48,51-57,62-65H,9-47,49H2,1-8H3/t51-,52?,53?,54-,55-,56-,57?/m1/s1. The highest BCUT2D eigenvalue weighted by molar-refractivity contribution is 6.71. The fourth-order valence-corrected chi connectivity index (χ4v) is 14.3. The van der Waals surface area contributed by atoms with Gasteiger partial charge in [-0.25, -0.2) is 4.68 Å². The summed E-state index contributed by atoms with van der Waals surface area (Å²) in [4.78, 5) is 2.45. The van der Waals surface area contributed by atoms with Crippen LogP contribution in [-0.4, -0.2) is 127 Å². The van der Waals surface area contributed by atoms with Gasteiger partial charge in [0.25, 0.3) is 0 Å². The Hall–Kier alpha value is -0.826. The quantitative estimate of drug-likeness (QED) is 0.0278. The zero-order valence-corrected chi connectivity index (χ0v) is 50.0. The number of hydrogen-bond donors (Lipinski definition) is 4. The predicted molar refractivity (Wildman–Crippen MR) is 301 cm³/mol. The lowest BCUT2D eigenvalue weighted by atomic mass is 9.97. The molecule has 3 unspecified atom stereocenters. The van der Waals surface area contributed by atoms with Crippen molar-refractivity contribution in [2.45, 2.75) is 321 Å². The van der Waals surface area contributed by atoms with E-state index in [2.05, 4.69) is 69.1 Å². The lowest BCUT2D eigenvalue weighted by molar-refractivity contribution is -0.265. The van der Waals surface area contributed by atoms with Crippen LogP contribution >= 0.6 is 0 Å². The van der Waals surface area contributed by atoms with Crippen LogP contribution in [0.25, 0.3) is 0 Å². The van der Waals surface area contributed by atoms with Gasteiger partial charge in [-0.1, -0.05) is 187 Å². The molecule has 1 fully saturated rings. The molecule has 13 nitrogen and oxygen atoms in total. The molecule has 426 valence electrons. The van der Waals surface area contributed by atoms with Crippen molar-refractivity contribution in [2.24, 2.45) is 0 Å². The summed E-state index contributed by atoms with van der Waals surface area (Å²) < 4.78 is 33.7. The van der Waals surface area contributed by atoms with Gasteiger partial charge in [-0.05, 0) is 103 Å². The first kappa shape index (κ1) is 67.3. The molecule has 1 aromatic heterocycles. The topological polar surface area (TPSA) is 161 Å². The Kier molecular flexibility index (Phi) is 39.5. The van der Waals surface area contributed by atoms with Crippen LogP contribution in [0.1, 0.15) is 245 Å². The summed E-state index contributed by atoms with van der Waals surface area (Å²) in [7, 11) is -3.75. The molecule has 1 aliphatic heterocycles. The van der Waals surface area contributed by atoms with E-state index in [4.69, 9.17) is 23.1 Å². The first-order valence-corrected chi connectivity index (χ1v) is 36.5. The van der Waals surface area contributed by atoms with Gasteiger partial charge in [0.05, 0.1) is 18.5 Å². The smallest absolute Gasteiger partial charge is 0.190 e. The third-order valence-electron chi connectivity index (χ3n) is 14.7. The van der Waals surface area contributed by atoms with Gasteiger partial charge in [0.2, 0.25) is 0 Å². The number of rotatable bonds is 50. The SMILES string of the molecule is CCCCCCCCOC(CCCCCN(CCCCCC(OCCCCCCCC)O[Si](C)(C)CCCCCCCC)Cc1cn([C@H]2C(O)O[C@H](CO)[C@@H](O)[C@@H]2O)nn1)O[Si](C)(C)CCCCCCCC. The molecule has 0 bridgehead atoms. The molecule has 1 aliphatic rings. The summed E-state index contributed by atoms with van der Waals surface area (Å²) in [5.74, 6) is 0. The normalized spacial score (nSPS) is 19.7. The zero-order chi connectivity index (χ0) is 52.7. The van der Waals surface area contributed by atoms with E-state index in [1.165, 1.54) is 158 Å². The highest BCUT2D eigenvalue weighted by atomic mass is 28.4. The van der Waals surface area contributed by atoms with E-state index in [0.29, 0.717) is 6.54 Å². The number of aliphatic hydroxyl groups excluding tert-OH is 4. The van der Waals surface area contributed by atoms with Crippen LogP contribution < -0.4 is 0 Å². The zero-order valence-electron chi connectivity index (χ0n) is 48.0. The molecular formula is C57H116N4O9Si2. The van der Waals surface area contributed by atoms with Crippen molar-refractivity contribution in [1.29, 1.82) is 0 Å². The maximum absolute atomic E-state index is 10.9. The van der Waals surface area contributed by atoms with Crippen molar-refractivity contribution in [1.82, 2.24) is 19.9 Å². The molecule has 4 N–H and O–H groups in total. The van der Waals surface area contributed by atoms with Crippen LogP contribution in [0, 0.1) is 0 Å².